The minimum atomic E-state index is 0.131. The molecular formula is C28H34N4S. The highest BCUT2D eigenvalue weighted by Crippen LogP contribution is 2.41. The molecule has 1 fully saturated rings. The van der Waals surface area contributed by atoms with Gasteiger partial charge in [0.15, 0.2) is 0 Å². The second-order valence-electron chi connectivity index (χ2n) is 9.54. The lowest BCUT2D eigenvalue weighted by atomic mass is 9.94. The number of hydrogen-bond acceptors (Lipinski definition) is 5. The number of benzene rings is 1. The molecule has 1 unspecified atom stereocenters. The number of hydrazine groups is 1. The summed E-state index contributed by atoms with van der Waals surface area (Å²) in [6.45, 7) is 10.1. The normalized spacial score (nSPS) is 23.8. The predicted octanol–water partition coefficient (Wildman–Crippen LogP) is 5.72. The van der Waals surface area contributed by atoms with Gasteiger partial charge in [-0.25, -0.2) is 5.43 Å². The number of allylic oxidation sites excluding steroid dienone is 4. The van der Waals surface area contributed by atoms with Crippen molar-refractivity contribution in [3.63, 3.8) is 0 Å². The Morgan fingerprint density at radius 1 is 1.18 bits per heavy atom. The second-order valence-corrected chi connectivity index (χ2v) is 10.6. The van der Waals surface area contributed by atoms with Crippen LogP contribution in [0, 0.1) is 12.3 Å². The Bertz CT molecular complexity index is 1090. The first-order valence-electron chi connectivity index (χ1n) is 12.1. The van der Waals surface area contributed by atoms with E-state index in [9.17, 15) is 0 Å². The van der Waals surface area contributed by atoms with E-state index in [0.717, 1.165) is 41.1 Å². The van der Waals surface area contributed by atoms with Crippen molar-refractivity contribution in [2.24, 2.45) is 0 Å². The number of thioether (sulfide) groups is 1. The third kappa shape index (κ3) is 4.81. The number of likely N-dealkylation sites (tertiary alicyclic amines) is 1. The summed E-state index contributed by atoms with van der Waals surface area (Å²) < 4.78 is 0. The van der Waals surface area contributed by atoms with Crippen molar-refractivity contribution >= 4 is 18.0 Å². The van der Waals surface area contributed by atoms with Gasteiger partial charge in [0.1, 0.15) is 0 Å². The first-order chi connectivity index (χ1) is 16.1. The minimum Gasteiger partial charge on any atom is -0.320 e. The first-order valence-corrected chi connectivity index (χ1v) is 13.1. The molecule has 0 amide bonds. The third-order valence-electron chi connectivity index (χ3n) is 7.23. The molecule has 5 rings (SSSR count). The van der Waals surface area contributed by atoms with E-state index in [4.69, 9.17) is 5.41 Å². The van der Waals surface area contributed by atoms with E-state index >= 15 is 0 Å². The van der Waals surface area contributed by atoms with Crippen LogP contribution in [0.1, 0.15) is 54.8 Å². The van der Waals surface area contributed by atoms with Gasteiger partial charge in [-0.2, -0.15) is 0 Å². The Kier molecular flexibility index (Phi) is 6.72. The first kappa shape index (κ1) is 22.5. The van der Waals surface area contributed by atoms with E-state index in [1.165, 1.54) is 66.6 Å². The van der Waals surface area contributed by atoms with Crippen molar-refractivity contribution < 1.29 is 0 Å². The standard InChI is InChI=1S/C28H34N4S/c1-19-14-23(10-11-24(19)16-29)28-25-18-33-26(15-20(2)27(25)30-31-28)22-8-6-21(7-9-22)17-32-12-4-3-5-13-32/h6,8,10-11,14-16,28-31H,2-5,7,9,12-13,17-18H2,1H3. The van der Waals surface area contributed by atoms with Crippen LogP contribution in [0.25, 0.3) is 0 Å². The molecule has 0 radical (unpaired) electrons. The molecule has 1 aromatic carbocycles. The van der Waals surface area contributed by atoms with Crippen LogP contribution in [0.5, 0.6) is 0 Å². The Labute approximate surface area is 202 Å². The van der Waals surface area contributed by atoms with Gasteiger partial charge in [0, 0.05) is 23.4 Å². The molecule has 33 heavy (non-hydrogen) atoms. The largest absolute Gasteiger partial charge is 0.320 e. The summed E-state index contributed by atoms with van der Waals surface area (Å²) in [4.78, 5) is 3.98. The van der Waals surface area contributed by atoms with Gasteiger partial charge in [0.05, 0.1) is 11.7 Å². The molecule has 0 spiro atoms. The van der Waals surface area contributed by atoms with Gasteiger partial charge in [0.2, 0.25) is 0 Å². The quantitative estimate of drug-likeness (QED) is 0.494. The van der Waals surface area contributed by atoms with Gasteiger partial charge >= 0.3 is 0 Å². The molecule has 1 aromatic rings. The van der Waals surface area contributed by atoms with E-state index in [2.05, 4.69) is 59.6 Å². The lowest BCUT2D eigenvalue weighted by Gasteiger charge is -2.28. The van der Waals surface area contributed by atoms with Gasteiger partial charge in [-0.1, -0.05) is 48.9 Å². The molecular weight excluding hydrogens is 424 g/mol. The highest BCUT2D eigenvalue weighted by atomic mass is 32.2. The van der Waals surface area contributed by atoms with Crippen molar-refractivity contribution in [1.29, 1.82) is 5.41 Å². The fourth-order valence-electron chi connectivity index (χ4n) is 5.26. The Balaban J connectivity index is 1.29. The van der Waals surface area contributed by atoms with Crippen LogP contribution in [-0.2, 0) is 0 Å². The zero-order valence-electron chi connectivity index (χ0n) is 19.5. The number of nitrogens with one attached hydrogen (secondary N) is 3. The third-order valence-corrected chi connectivity index (χ3v) is 8.38. The average molecular weight is 459 g/mol. The summed E-state index contributed by atoms with van der Waals surface area (Å²) in [5.41, 5.74) is 16.8. The predicted molar refractivity (Wildman–Crippen MR) is 140 cm³/mol. The number of piperidine rings is 1. The fourth-order valence-corrected chi connectivity index (χ4v) is 6.46. The summed E-state index contributed by atoms with van der Waals surface area (Å²) in [7, 11) is 0. The highest BCUT2D eigenvalue weighted by Gasteiger charge is 2.30. The number of hydrogen-bond donors (Lipinski definition) is 3. The van der Waals surface area contributed by atoms with Crippen LogP contribution in [0.4, 0.5) is 0 Å². The van der Waals surface area contributed by atoms with Crippen LogP contribution in [-0.4, -0.2) is 36.5 Å². The zero-order valence-corrected chi connectivity index (χ0v) is 20.4. The van der Waals surface area contributed by atoms with Gasteiger partial charge in [0.25, 0.3) is 0 Å². The maximum absolute atomic E-state index is 7.57. The average Bonchev–Trinajstić information content (AvgIpc) is 3.19. The lowest BCUT2D eigenvalue weighted by Crippen LogP contribution is -2.31. The van der Waals surface area contributed by atoms with E-state index in [-0.39, 0.29) is 6.04 Å². The van der Waals surface area contributed by atoms with Gasteiger partial charge < -0.3 is 10.8 Å². The zero-order chi connectivity index (χ0) is 22.8. The van der Waals surface area contributed by atoms with Crippen LogP contribution in [0.15, 0.2) is 75.9 Å². The molecule has 172 valence electrons. The number of nitrogens with zero attached hydrogens (tertiary/aromatic N) is 1. The summed E-state index contributed by atoms with van der Waals surface area (Å²) in [5.74, 6) is 0.942. The topological polar surface area (TPSA) is 51.1 Å². The van der Waals surface area contributed by atoms with Gasteiger partial charge in [-0.3, -0.25) is 4.90 Å². The van der Waals surface area contributed by atoms with Crippen molar-refractivity contribution in [2.75, 3.05) is 25.4 Å². The summed E-state index contributed by atoms with van der Waals surface area (Å²) >= 11 is 1.94. The highest BCUT2D eigenvalue weighted by molar-refractivity contribution is 8.03. The molecule has 3 heterocycles. The maximum atomic E-state index is 7.57. The van der Waals surface area contributed by atoms with Crippen LogP contribution < -0.4 is 10.9 Å². The molecule has 4 aliphatic rings. The molecule has 4 nitrogen and oxygen atoms in total. The summed E-state index contributed by atoms with van der Waals surface area (Å²) in [6, 6.07) is 6.50. The molecule has 3 N–H and O–H groups in total. The smallest absolute Gasteiger partial charge is 0.0751 e. The SMILES string of the molecule is C=C1C=C(C2=CC=C(CN3CCCCC3)CC2)SCC2=C1NNC2c1ccc(C=N)c(C)c1. The lowest BCUT2D eigenvalue weighted by molar-refractivity contribution is 0.244. The van der Waals surface area contributed by atoms with E-state index < -0.39 is 0 Å². The minimum absolute atomic E-state index is 0.131. The molecule has 1 aliphatic carbocycles. The number of aryl methyl sites for hydroxylation is 1. The molecule has 5 heteroatoms. The van der Waals surface area contributed by atoms with Crippen LogP contribution in [0.3, 0.4) is 0 Å². The molecule has 1 atom stereocenters. The van der Waals surface area contributed by atoms with Crippen molar-refractivity contribution in [1.82, 2.24) is 15.8 Å². The van der Waals surface area contributed by atoms with Crippen LogP contribution in [0.2, 0.25) is 0 Å². The van der Waals surface area contributed by atoms with Crippen molar-refractivity contribution in [3.05, 3.63) is 92.6 Å². The monoisotopic (exact) mass is 458 g/mol. The summed E-state index contributed by atoms with van der Waals surface area (Å²) in [5, 5.41) is 7.57. The Hall–Kier alpha value is -2.34. The van der Waals surface area contributed by atoms with Crippen molar-refractivity contribution in [3.8, 4) is 0 Å². The molecule has 0 aromatic heterocycles. The van der Waals surface area contributed by atoms with Gasteiger partial charge in [-0.05, 0) is 85.2 Å². The Morgan fingerprint density at radius 3 is 2.76 bits per heavy atom. The molecule has 0 saturated carbocycles. The molecule has 1 saturated heterocycles. The molecule has 3 aliphatic heterocycles. The van der Waals surface area contributed by atoms with E-state index in [0.29, 0.717) is 0 Å². The second kappa shape index (κ2) is 9.88. The fraction of sp³-hybridized carbons (Fsp3) is 0.393. The maximum Gasteiger partial charge on any atom is 0.0751 e. The number of rotatable bonds is 5. The van der Waals surface area contributed by atoms with Crippen molar-refractivity contribution in [2.45, 2.75) is 45.1 Å². The van der Waals surface area contributed by atoms with Crippen LogP contribution >= 0.6 is 11.8 Å². The van der Waals surface area contributed by atoms with Gasteiger partial charge in [-0.15, -0.1) is 11.8 Å². The van der Waals surface area contributed by atoms with E-state index in [1.54, 1.807) is 5.57 Å². The molecule has 0 bridgehead atoms. The summed E-state index contributed by atoms with van der Waals surface area (Å²) in [6.07, 6.45) is 14.8. The van der Waals surface area contributed by atoms with E-state index in [1.807, 2.05) is 17.8 Å². The Morgan fingerprint density at radius 2 is 2.03 bits per heavy atom.